The Kier molecular flexibility index (Phi) is 4.62. The molecule has 22 heavy (non-hydrogen) atoms. The monoisotopic (exact) mass is 336 g/mol. The van der Waals surface area contributed by atoms with E-state index in [1.165, 1.54) is 7.11 Å². The molecule has 1 aliphatic rings. The first-order valence-electron chi connectivity index (χ1n) is 6.64. The van der Waals surface area contributed by atoms with Crippen molar-refractivity contribution in [2.45, 2.75) is 24.0 Å². The first-order valence-corrected chi connectivity index (χ1v) is 8.92. The highest BCUT2D eigenvalue weighted by molar-refractivity contribution is 8.34. The predicted octanol–water partition coefficient (Wildman–Crippen LogP) is 2.99. The van der Waals surface area contributed by atoms with E-state index in [4.69, 9.17) is 4.74 Å². The van der Waals surface area contributed by atoms with E-state index in [1.54, 1.807) is 6.07 Å². The lowest BCUT2D eigenvalue weighted by atomic mass is 10.1. The van der Waals surface area contributed by atoms with Crippen LogP contribution in [0.4, 0.5) is 13.2 Å². The Labute approximate surface area is 128 Å². The molecular formula is C14H19F3N2O2S. The Hall–Kier alpha value is -1.41. The molecule has 4 nitrogen and oxygen atoms in total. The van der Waals surface area contributed by atoms with Gasteiger partial charge in [0.15, 0.2) is 5.56 Å². The first kappa shape index (κ1) is 17.0. The molecule has 8 heteroatoms. The molecular weight excluding hydrogens is 317 g/mol. The standard InChI is InChI=1S/C14H19F3N2O2S/c1-9(10-6-4-5-7-11(10)21-2)18-12-8-22(3,13(20)19-12)14(15,16)17/h4-7,9,13,20H,8H2,1-3H3,(H,18,19)/t9-,13+/m0/s1. The van der Waals surface area contributed by atoms with Crippen LogP contribution >= 0.6 is 10.0 Å². The van der Waals surface area contributed by atoms with Crippen LogP contribution in [0.25, 0.3) is 0 Å². The number of nitrogens with one attached hydrogen (secondary N) is 1. The van der Waals surface area contributed by atoms with Crippen LogP contribution in [-0.4, -0.2) is 41.1 Å². The third-order valence-corrected chi connectivity index (χ3v) is 6.65. The van der Waals surface area contributed by atoms with E-state index >= 15 is 0 Å². The van der Waals surface area contributed by atoms with E-state index in [0.717, 1.165) is 11.8 Å². The van der Waals surface area contributed by atoms with Crippen LogP contribution in [0.2, 0.25) is 0 Å². The summed E-state index contributed by atoms with van der Waals surface area (Å²) in [5.74, 6) is 0.533. The zero-order chi connectivity index (χ0) is 16.5. The van der Waals surface area contributed by atoms with Crippen molar-refractivity contribution in [1.82, 2.24) is 5.32 Å². The minimum Gasteiger partial charge on any atom is -0.496 e. The number of aliphatic imine (C=N–C) groups is 1. The van der Waals surface area contributed by atoms with Crippen molar-refractivity contribution in [2.24, 2.45) is 4.99 Å². The fourth-order valence-electron chi connectivity index (χ4n) is 2.28. The largest absolute Gasteiger partial charge is 0.496 e. The molecule has 0 aliphatic carbocycles. The summed E-state index contributed by atoms with van der Waals surface area (Å²) in [6.07, 6.45) is 1.06. The average molecular weight is 336 g/mol. The van der Waals surface area contributed by atoms with Crippen LogP contribution in [0.15, 0.2) is 29.3 Å². The molecule has 1 heterocycles. The number of hydrogen-bond donors (Lipinski definition) is 2. The maximum Gasteiger partial charge on any atom is 0.429 e. The van der Waals surface area contributed by atoms with Crippen molar-refractivity contribution in [2.75, 3.05) is 19.1 Å². The number of nitrogens with zero attached hydrogens (tertiary/aromatic N) is 1. The number of rotatable bonds is 3. The number of ether oxygens (including phenoxy) is 1. The van der Waals surface area contributed by atoms with Gasteiger partial charge in [0, 0.05) is 11.3 Å². The Bertz CT molecular complexity index is 579. The smallest absolute Gasteiger partial charge is 0.429 e. The molecule has 3 atom stereocenters. The lowest BCUT2D eigenvalue weighted by molar-refractivity contribution is -0.0404. The SMILES string of the molecule is COc1ccccc1[C@H](C)NC1=N[C@H](O)S(C)(C(F)(F)F)C1. The fourth-order valence-corrected chi connectivity index (χ4v) is 3.92. The number of alkyl halides is 3. The van der Waals surface area contributed by atoms with Gasteiger partial charge in [0.2, 0.25) is 0 Å². The molecule has 2 N–H and O–H groups in total. The second kappa shape index (κ2) is 6.00. The number of hydrogen-bond acceptors (Lipinski definition) is 4. The topological polar surface area (TPSA) is 53.8 Å². The molecule has 1 aliphatic heterocycles. The van der Waals surface area contributed by atoms with Crippen LogP contribution in [0.3, 0.4) is 0 Å². The summed E-state index contributed by atoms with van der Waals surface area (Å²) in [5.41, 5.74) is -5.33. The normalized spacial score (nSPS) is 29.4. The zero-order valence-corrected chi connectivity index (χ0v) is 13.3. The van der Waals surface area contributed by atoms with Gasteiger partial charge in [-0.1, -0.05) is 28.2 Å². The van der Waals surface area contributed by atoms with Gasteiger partial charge >= 0.3 is 5.51 Å². The molecule has 0 fully saturated rings. The summed E-state index contributed by atoms with van der Waals surface area (Å²) < 4.78 is 44.6. The quantitative estimate of drug-likeness (QED) is 0.892. The van der Waals surface area contributed by atoms with Crippen LogP contribution < -0.4 is 10.1 Å². The molecule has 2 rings (SSSR count). The Morgan fingerprint density at radius 1 is 1.41 bits per heavy atom. The number of aliphatic hydroxyl groups is 1. The number of para-hydroxylation sites is 1. The Morgan fingerprint density at radius 3 is 2.59 bits per heavy atom. The summed E-state index contributed by atoms with van der Waals surface area (Å²) in [6, 6.07) is 6.97. The molecule has 0 amide bonds. The molecule has 1 aromatic rings. The summed E-state index contributed by atoms with van der Waals surface area (Å²) >= 11 is 0. The number of halogens is 3. The molecule has 0 saturated heterocycles. The van der Waals surface area contributed by atoms with E-state index in [1.807, 2.05) is 25.1 Å². The van der Waals surface area contributed by atoms with Crippen LogP contribution in [0.1, 0.15) is 18.5 Å². The minimum atomic E-state index is -4.44. The van der Waals surface area contributed by atoms with Gasteiger partial charge in [-0.3, -0.25) is 0 Å². The summed E-state index contributed by atoms with van der Waals surface area (Å²) in [6.45, 7) is 1.81. The Balaban J connectivity index is 2.14. The van der Waals surface area contributed by atoms with Gasteiger partial charge in [0.25, 0.3) is 0 Å². The van der Waals surface area contributed by atoms with Crippen molar-refractivity contribution in [3.63, 3.8) is 0 Å². The molecule has 1 unspecified atom stereocenters. The summed E-state index contributed by atoms with van der Waals surface area (Å²) in [4.78, 5) is 3.77. The van der Waals surface area contributed by atoms with Gasteiger partial charge in [-0.2, -0.15) is 13.2 Å². The first-order chi connectivity index (χ1) is 10.2. The van der Waals surface area contributed by atoms with Gasteiger partial charge in [-0.15, -0.1) is 0 Å². The lowest BCUT2D eigenvalue weighted by Crippen LogP contribution is -2.32. The van der Waals surface area contributed by atoms with Gasteiger partial charge < -0.3 is 15.2 Å². The van der Waals surface area contributed by atoms with Gasteiger partial charge in [-0.05, 0) is 19.2 Å². The third kappa shape index (κ3) is 3.03. The molecule has 0 radical (unpaired) electrons. The van der Waals surface area contributed by atoms with Crippen LogP contribution in [0.5, 0.6) is 5.75 Å². The van der Waals surface area contributed by atoms with E-state index in [2.05, 4.69) is 10.3 Å². The van der Waals surface area contributed by atoms with E-state index in [0.29, 0.717) is 5.75 Å². The highest BCUT2D eigenvalue weighted by Gasteiger charge is 2.54. The second-order valence-corrected chi connectivity index (χ2v) is 8.75. The Morgan fingerprint density at radius 2 is 2.05 bits per heavy atom. The highest BCUT2D eigenvalue weighted by Crippen LogP contribution is 2.64. The van der Waals surface area contributed by atoms with Gasteiger partial charge in [0.05, 0.1) is 13.2 Å². The summed E-state index contributed by atoms with van der Waals surface area (Å²) in [7, 11) is -1.70. The van der Waals surface area contributed by atoms with Crippen LogP contribution in [0, 0.1) is 0 Å². The number of aliphatic hydroxyl groups excluding tert-OH is 1. The van der Waals surface area contributed by atoms with Crippen molar-refractivity contribution in [3.05, 3.63) is 29.8 Å². The molecule has 0 saturated carbocycles. The van der Waals surface area contributed by atoms with Crippen LogP contribution in [-0.2, 0) is 0 Å². The molecule has 0 spiro atoms. The number of benzene rings is 1. The minimum absolute atomic E-state index is 0.181. The maximum absolute atomic E-state index is 13.1. The summed E-state index contributed by atoms with van der Waals surface area (Å²) in [5, 5.41) is 12.7. The predicted molar refractivity (Wildman–Crippen MR) is 82.4 cm³/mol. The van der Waals surface area contributed by atoms with Gasteiger partial charge in [-0.25, -0.2) is 4.99 Å². The second-order valence-electron chi connectivity index (χ2n) is 5.26. The van der Waals surface area contributed by atoms with Crippen molar-refractivity contribution in [3.8, 4) is 5.75 Å². The third-order valence-electron chi connectivity index (χ3n) is 3.69. The van der Waals surface area contributed by atoms with Gasteiger partial charge in [0.1, 0.15) is 11.6 Å². The maximum atomic E-state index is 13.1. The average Bonchev–Trinajstić information content (AvgIpc) is 2.74. The molecule has 1 aromatic carbocycles. The van der Waals surface area contributed by atoms with Crippen molar-refractivity contribution in [1.29, 1.82) is 0 Å². The van der Waals surface area contributed by atoms with E-state index in [9.17, 15) is 18.3 Å². The molecule has 124 valence electrons. The number of methoxy groups -OCH3 is 1. The van der Waals surface area contributed by atoms with Crippen molar-refractivity contribution >= 4 is 15.9 Å². The molecule has 0 aromatic heterocycles. The van der Waals surface area contributed by atoms with Crippen molar-refractivity contribution < 1.29 is 23.0 Å². The van der Waals surface area contributed by atoms with E-state index in [-0.39, 0.29) is 17.6 Å². The fraction of sp³-hybridized carbons (Fsp3) is 0.500. The van der Waals surface area contributed by atoms with E-state index < -0.39 is 21.1 Å². The lowest BCUT2D eigenvalue weighted by Gasteiger charge is -2.34. The number of amidine groups is 1. The highest BCUT2D eigenvalue weighted by atomic mass is 32.3. The zero-order valence-electron chi connectivity index (χ0n) is 12.5. The molecule has 0 bridgehead atoms.